The number of likely N-dealkylation sites (tertiary alicyclic amines) is 1. The minimum absolute atomic E-state index is 0.410. The fourth-order valence-electron chi connectivity index (χ4n) is 1.94. The zero-order valence-corrected chi connectivity index (χ0v) is 9.09. The zero-order chi connectivity index (χ0) is 10.7. The molecule has 0 saturated carbocycles. The topological polar surface area (TPSA) is 56.3 Å². The second-order valence-electron chi connectivity index (χ2n) is 3.98. The standard InChI is InChI=1S/C10H18N4O/c1-15-10-2-3-13(8-10)4-5-14-7-9(11)6-12-14/h6-7,10H,2-5,8,11H2,1H3. The third kappa shape index (κ3) is 2.70. The molecule has 1 saturated heterocycles. The van der Waals surface area contributed by atoms with E-state index in [0.29, 0.717) is 6.10 Å². The van der Waals surface area contributed by atoms with Crippen molar-refractivity contribution in [2.45, 2.75) is 19.1 Å². The largest absolute Gasteiger partial charge is 0.396 e. The molecule has 1 aromatic rings. The van der Waals surface area contributed by atoms with Gasteiger partial charge in [0.05, 0.1) is 24.5 Å². The third-order valence-electron chi connectivity index (χ3n) is 2.86. The summed E-state index contributed by atoms with van der Waals surface area (Å²) in [5.74, 6) is 0. The summed E-state index contributed by atoms with van der Waals surface area (Å²) in [6, 6.07) is 0. The Labute approximate surface area is 89.8 Å². The summed E-state index contributed by atoms with van der Waals surface area (Å²) in [5, 5.41) is 4.15. The van der Waals surface area contributed by atoms with Crippen molar-refractivity contribution in [3.8, 4) is 0 Å². The first-order valence-corrected chi connectivity index (χ1v) is 5.31. The van der Waals surface area contributed by atoms with Gasteiger partial charge in [0.2, 0.25) is 0 Å². The Bertz CT molecular complexity index is 312. The van der Waals surface area contributed by atoms with E-state index in [0.717, 1.165) is 38.3 Å². The molecule has 0 radical (unpaired) electrons. The minimum atomic E-state index is 0.410. The maximum Gasteiger partial charge on any atom is 0.0719 e. The van der Waals surface area contributed by atoms with Gasteiger partial charge in [-0.2, -0.15) is 5.10 Å². The van der Waals surface area contributed by atoms with Crippen molar-refractivity contribution < 1.29 is 4.74 Å². The van der Waals surface area contributed by atoms with Crippen LogP contribution in [-0.4, -0.2) is 47.5 Å². The molecule has 2 N–H and O–H groups in total. The van der Waals surface area contributed by atoms with Crippen LogP contribution in [0.4, 0.5) is 5.69 Å². The molecule has 0 aliphatic carbocycles. The van der Waals surface area contributed by atoms with Crippen molar-refractivity contribution in [2.75, 3.05) is 32.5 Å². The Morgan fingerprint density at radius 3 is 3.07 bits per heavy atom. The Balaban J connectivity index is 1.75. The predicted octanol–water partition coefficient (Wildman–Crippen LogP) is 0.186. The normalized spacial score (nSPS) is 22.3. The van der Waals surface area contributed by atoms with Crippen LogP contribution in [0.5, 0.6) is 0 Å². The van der Waals surface area contributed by atoms with Gasteiger partial charge in [0, 0.05) is 32.9 Å². The molecule has 84 valence electrons. The van der Waals surface area contributed by atoms with Gasteiger partial charge >= 0.3 is 0 Å². The van der Waals surface area contributed by atoms with Crippen molar-refractivity contribution in [3.05, 3.63) is 12.4 Å². The number of nitrogens with zero attached hydrogens (tertiary/aromatic N) is 3. The van der Waals surface area contributed by atoms with E-state index in [4.69, 9.17) is 10.5 Å². The summed E-state index contributed by atoms with van der Waals surface area (Å²) in [4.78, 5) is 2.39. The Kier molecular flexibility index (Phi) is 3.23. The number of nitrogen functional groups attached to an aromatic ring is 1. The van der Waals surface area contributed by atoms with Gasteiger partial charge in [0.25, 0.3) is 0 Å². The molecule has 1 aliphatic rings. The number of nitrogens with two attached hydrogens (primary N) is 1. The number of aromatic nitrogens is 2. The molecule has 5 nitrogen and oxygen atoms in total. The van der Waals surface area contributed by atoms with Gasteiger partial charge in [-0.3, -0.25) is 9.58 Å². The molecule has 1 aromatic heterocycles. The summed E-state index contributed by atoms with van der Waals surface area (Å²) in [7, 11) is 1.78. The van der Waals surface area contributed by atoms with Crippen LogP contribution in [0.1, 0.15) is 6.42 Å². The number of methoxy groups -OCH3 is 1. The molecule has 5 heteroatoms. The summed E-state index contributed by atoms with van der Waals surface area (Å²) in [5.41, 5.74) is 6.32. The molecule has 15 heavy (non-hydrogen) atoms. The van der Waals surface area contributed by atoms with Gasteiger partial charge in [-0.05, 0) is 6.42 Å². The van der Waals surface area contributed by atoms with Crippen molar-refractivity contribution in [2.24, 2.45) is 0 Å². The third-order valence-corrected chi connectivity index (χ3v) is 2.86. The van der Waals surface area contributed by atoms with Crippen LogP contribution < -0.4 is 5.73 Å². The van der Waals surface area contributed by atoms with Crippen molar-refractivity contribution in [3.63, 3.8) is 0 Å². The smallest absolute Gasteiger partial charge is 0.0719 e. The molecule has 0 aromatic carbocycles. The van der Waals surface area contributed by atoms with E-state index in [1.807, 2.05) is 10.9 Å². The number of ether oxygens (including phenoxy) is 1. The van der Waals surface area contributed by atoms with Gasteiger partial charge in [-0.25, -0.2) is 0 Å². The van der Waals surface area contributed by atoms with E-state index in [2.05, 4.69) is 10.00 Å². The Morgan fingerprint density at radius 1 is 1.60 bits per heavy atom. The quantitative estimate of drug-likeness (QED) is 0.770. The van der Waals surface area contributed by atoms with Gasteiger partial charge in [-0.15, -0.1) is 0 Å². The van der Waals surface area contributed by atoms with Crippen LogP contribution in [0.2, 0.25) is 0 Å². The van der Waals surface area contributed by atoms with Crippen LogP contribution in [0.25, 0.3) is 0 Å². The molecular formula is C10H18N4O. The average Bonchev–Trinajstić information content (AvgIpc) is 2.83. The Morgan fingerprint density at radius 2 is 2.47 bits per heavy atom. The van der Waals surface area contributed by atoms with E-state index in [9.17, 15) is 0 Å². The van der Waals surface area contributed by atoms with E-state index in [1.165, 1.54) is 0 Å². The maximum atomic E-state index is 5.59. The lowest BCUT2D eigenvalue weighted by Gasteiger charge is -2.15. The molecule has 1 unspecified atom stereocenters. The monoisotopic (exact) mass is 210 g/mol. The first-order chi connectivity index (χ1) is 7.28. The van der Waals surface area contributed by atoms with Crippen LogP contribution in [0.3, 0.4) is 0 Å². The second kappa shape index (κ2) is 4.63. The van der Waals surface area contributed by atoms with Crippen molar-refractivity contribution in [1.82, 2.24) is 14.7 Å². The Hall–Kier alpha value is -1.07. The lowest BCUT2D eigenvalue weighted by atomic mass is 10.3. The number of rotatable bonds is 4. The number of hydrogen-bond acceptors (Lipinski definition) is 4. The van der Waals surface area contributed by atoms with Crippen molar-refractivity contribution in [1.29, 1.82) is 0 Å². The maximum absolute atomic E-state index is 5.59. The van der Waals surface area contributed by atoms with Gasteiger partial charge in [0.1, 0.15) is 0 Å². The molecule has 0 spiro atoms. The highest BCUT2D eigenvalue weighted by Crippen LogP contribution is 2.11. The van der Waals surface area contributed by atoms with E-state index < -0.39 is 0 Å². The summed E-state index contributed by atoms with van der Waals surface area (Å²) < 4.78 is 7.20. The highest BCUT2D eigenvalue weighted by molar-refractivity contribution is 5.30. The molecular weight excluding hydrogens is 192 g/mol. The van der Waals surface area contributed by atoms with Crippen LogP contribution in [-0.2, 0) is 11.3 Å². The number of anilines is 1. The first-order valence-electron chi connectivity index (χ1n) is 5.31. The van der Waals surface area contributed by atoms with Gasteiger partial charge in [-0.1, -0.05) is 0 Å². The van der Waals surface area contributed by atoms with E-state index in [-0.39, 0.29) is 0 Å². The summed E-state index contributed by atoms with van der Waals surface area (Å²) in [6.07, 6.45) is 5.09. The molecule has 0 amide bonds. The summed E-state index contributed by atoms with van der Waals surface area (Å²) in [6.45, 7) is 4.07. The molecule has 2 rings (SSSR count). The average molecular weight is 210 g/mol. The SMILES string of the molecule is COC1CCN(CCn2cc(N)cn2)C1. The molecule has 2 heterocycles. The van der Waals surface area contributed by atoms with Gasteiger partial charge in [0.15, 0.2) is 0 Å². The molecule has 0 bridgehead atoms. The van der Waals surface area contributed by atoms with Gasteiger partial charge < -0.3 is 10.5 Å². The van der Waals surface area contributed by atoms with E-state index in [1.54, 1.807) is 13.3 Å². The van der Waals surface area contributed by atoms with Crippen LogP contribution >= 0.6 is 0 Å². The van der Waals surface area contributed by atoms with Crippen molar-refractivity contribution >= 4 is 5.69 Å². The fraction of sp³-hybridized carbons (Fsp3) is 0.700. The van der Waals surface area contributed by atoms with Crippen LogP contribution in [0.15, 0.2) is 12.4 Å². The lowest BCUT2D eigenvalue weighted by molar-refractivity contribution is 0.107. The fourth-order valence-corrected chi connectivity index (χ4v) is 1.94. The molecule has 1 fully saturated rings. The highest BCUT2D eigenvalue weighted by Gasteiger charge is 2.21. The molecule has 1 aliphatic heterocycles. The lowest BCUT2D eigenvalue weighted by Crippen LogP contribution is -2.26. The van der Waals surface area contributed by atoms with Crippen LogP contribution in [0, 0.1) is 0 Å². The zero-order valence-electron chi connectivity index (χ0n) is 9.09. The van der Waals surface area contributed by atoms with E-state index >= 15 is 0 Å². The first kappa shape index (κ1) is 10.4. The summed E-state index contributed by atoms with van der Waals surface area (Å²) >= 11 is 0. The minimum Gasteiger partial charge on any atom is -0.396 e. The molecule has 1 atom stereocenters. The highest BCUT2D eigenvalue weighted by atomic mass is 16.5. The number of hydrogen-bond donors (Lipinski definition) is 1. The predicted molar refractivity (Wildman–Crippen MR) is 58.5 cm³/mol. The second-order valence-corrected chi connectivity index (χ2v) is 3.98.